The van der Waals surface area contributed by atoms with Crippen LogP contribution in [0.4, 0.5) is 0 Å². The van der Waals surface area contributed by atoms with E-state index < -0.39 is 10.0 Å². The summed E-state index contributed by atoms with van der Waals surface area (Å²) in [6.45, 7) is 1.87. The van der Waals surface area contributed by atoms with E-state index in [0.29, 0.717) is 5.82 Å². The second-order valence-electron chi connectivity index (χ2n) is 5.65. The van der Waals surface area contributed by atoms with Gasteiger partial charge in [0.2, 0.25) is 10.0 Å². The normalized spacial score (nSPS) is 11.5. The molecule has 3 rings (SSSR count). The van der Waals surface area contributed by atoms with Crippen LogP contribution in [0.1, 0.15) is 5.56 Å². The largest absolute Gasteiger partial charge is 0.495 e. The molecule has 0 aliphatic heterocycles. The fraction of sp³-hybridized carbons (Fsp3) is 0.250. The molecule has 0 aliphatic carbocycles. The first-order valence-electron chi connectivity index (χ1n) is 7.98. The summed E-state index contributed by atoms with van der Waals surface area (Å²) in [6, 6.07) is 7.65. The molecule has 0 aliphatic rings. The highest BCUT2D eigenvalue weighted by molar-refractivity contribution is 7.89. The van der Waals surface area contributed by atoms with Gasteiger partial charge >= 0.3 is 0 Å². The van der Waals surface area contributed by atoms with Crippen LogP contribution in [0.2, 0.25) is 0 Å². The summed E-state index contributed by atoms with van der Waals surface area (Å²) in [5.41, 5.74) is 0.525. The molecular weight excluding hydrogens is 372 g/mol. The van der Waals surface area contributed by atoms with E-state index in [-0.39, 0.29) is 29.3 Å². The Morgan fingerprint density at radius 3 is 2.74 bits per heavy atom. The number of nitrogens with one attached hydrogen (secondary N) is 1. The van der Waals surface area contributed by atoms with Crippen LogP contribution in [0, 0.1) is 6.92 Å². The zero-order valence-corrected chi connectivity index (χ0v) is 15.5. The maximum atomic E-state index is 12.5. The predicted octanol–water partition coefficient (Wildman–Crippen LogP) is 0.120. The van der Waals surface area contributed by atoms with Crippen LogP contribution < -0.4 is 15.0 Å². The molecule has 0 saturated carbocycles. The van der Waals surface area contributed by atoms with Gasteiger partial charge in [0.1, 0.15) is 23.3 Å². The summed E-state index contributed by atoms with van der Waals surface area (Å²) in [4.78, 5) is 15.8. The lowest BCUT2D eigenvalue weighted by Crippen LogP contribution is -2.32. The summed E-state index contributed by atoms with van der Waals surface area (Å²) < 4.78 is 35.2. The van der Waals surface area contributed by atoms with E-state index >= 15 is 0 Å². The van der Waals surface area contributed by atoms with Gasteiger partial charge < -0.3 is 4.74 Å². The van der Waals surface area contributed by atoms with Gasteiger partial charge in [0.05, 0.1) is 13.7 Å². The van der Waals surface area contributed by atoms with Crippen molar-refractivity contribution < 1.29 is 13.2 Å². The maximum absolute atomic E-state index is 12.5. The smallest absolute Gasteiger partial charge is 0.266 e. The molecule has 1 aromatic carbocycles. The standard InChI is InChI=1S/C16H18N6O4S/c1-12-3-4-14(13(9-12)26-2)27(24,25)19-7-8-21-16(23)6-5-15(20-21)22-11-17-10-18-22/h3-6,9-11,19H,7-8H2,1-2H3. The third-order valence-electron chi connectivity index (χ3n) is 3.73. The molecule has 142 valence electrons. The first kappa shape index (κ1) is 18.7. The summed E-state index contributed by atoms with van der Waals surface area (Å²) in [6.07, 6.45) is 2.80. The molecule has 0 unspecified atom stereocenters. The van der Waals surface area contributed by atoms with Crippen molar-refractivity contribution in [3.8, 4) is 11.6 Å². The van der Waals surface area contributed by atoms with Crippen molar-refractivity contribution >= 4 is 10.0 Å². The number of nitrogens with zero attached hydrogens (tertiary/aromatic N) is 5. The first-order chi connectivity index (χ1) is 12.9. The molecule has 1 N–H and O–H groups in total. The molecule has 0 amide bonds. The Morgan fingerprint density at radius 1 is 1.22 bits per heavy atom. The van der Waals surface area contributed by atoms with Crippen molar-refractivity contribution in [1.29, 1.82) is 0 Å². The molecule has 0 spiro atoms. The van der Waals surface area contributed by atoms with Crippen LogP contribution in [-0.2, 0) is 16.6 Å². The van der Waals surface area contributed by atoms with Crippen LogP contribution >= 0.6 is 0 Å². The van der Waals surface area contributed by atoms with Crippen LogP contribution in [0.3, 0.4) is 0 Å². The first-order valence-corrected chi connectivity index (χ1v) is 9.46. The highest BCUT2D eigenvalue weighted by Gasteiger charge is 2.19. The van der Waals surface area contributed by atoms with Crippen molar-refractivity contribution in [2.45, 2.75) is 18.4 Å². The molecular formula is C16H18N6O4S. The van der Waals surface area contributed by atoms with Gasteiger partial charge in [0.25, 0.3) is 5.56 Å². The van der Waals surface area contributed by atoms with Gasteiger partial charge in [-0.25, -0.2) is 27.5 Å². The zero-order valence-electron chi connectivity index (χ0n) is 14.7. The van der Waals surface area contributed by atoms with E-state index in [0.717, 1.165) is 10.2 Å². The number of rotatable bonds is 7. The van der Waals surface area contributed by atoms with Crippen molar-refractivity contribution in [2.24, 2.45) is 0 Å². The number of hydrogen-bond acceptors (Lipinski definition) is 7. The molecule has 2 aromatic heterocycles. The number of hydrogen-bond donors (Lipinski definition) is 1. The number of sulfonamides is 1. The minimum Gasteiger partial charge on any atom is -0.495 e. The maximum Gasteiger partial charge on any atom is 0.266 e. The van der Waals surface area contributed by atoms with Crippen LogP contribution in [0.15, 0.2) is 52.7 Å². The Morgan fingerprint density at radius 2 is 2.04 bits per heavy atom. The van der Waals surface area contributed by atoms with Crippen LogP contribution in [-0.4, -0.2) is 46.6 Å². The molecule has 0 bridgehead atoms. The molecule has 0 saturated heterocycles. The lowest BCUT2D eigenvalue weighted by molar-refractivity contribution is 0.402. The average molecular weight is 390 g/mol. The number of benzene rings is 1. The van der Waals surface area contributed by atoms with Crippen LogP contribution in [0.25, 0.3) is 5.82 Å². The van der Waals surface area contributed by atoms with E-state index in [1.165, 1.54) is 42.6 Å². The molecule has 0 radical (unpaired) electrons. The Kier molecular flexibility index (Phi) is 5.33. The summed E-state index contributed by atoms with van der Waals surface area (Å²) in [5.74, 6) is 0.654. The lowest BCUT2D eigenvalue weighted by atomic mass is 10.2. The Bertz CT molecular complexity index is 1090. The third kappa shape index (κ3) is 4.20. The second-order valence-corrected chi connectivity index (χ2v) is 7.38. The van der Waals surface area contributed by atoms with Gasteiger partial charge in [0, 0.05) is 12.6 Å². The number of ether oxygens (including phenoxy) is 1. The fourth-order valence-corrected chi connectivity index (χ4v) is 3.58. The van der Waals surface area contributed by atoms with Gasteiger partial charge in [0.15, 0.2) is 5.82 Å². The third-order valence-corrected chi connectivity index (χ3v) is 5.23. The molecule has 3 aromatic rings. The van der Waals surface area contributed by atoms with Gasteiger partial charge in [-0.05, 0) is 30.7 Å². The number of aromatic nitrogens is 5. The fourth-order valence-electron chi connectivity index (χ4n) is 2.41. The van der Waals surface area contributed by atoms with E-state index in [1.54, 1.807) is 12.1 Å². The highest BCUT2D eigenvalue weighted by Crippen LogP contribution is 2.24. The van der Waals surface area contributed by atoms with Crippen molar-refractivity contribution in [3.05, 3.63) is 58.9 Å². The van der Waals surface area contributed by atoms with E-state index in [1.807, 2.05) is 6.92 Å². The molecule has 0 fully saturated rings. The summed E-state index contributed by atoms with van der Waals surface area (Å²) in [5, 5.41) is 8.10. The van der Waals surface area contributed by atoms with E-state index in [9.17, 15) is 13.2 Å². The van der Waals surface area contributed by atoms with Crippen molar-refractivity contribution in [3.63, 3.8) is 0 Å². The second kappa shape index (κ2) is 7.68. The lowest BCUT2D eigenvalue weighted by Gasteiger charge is -2.12. The number of methoxy groups -OCH3 is 1. The topological polar surface area (TPSA) is 121 Å². The molecule has 27 heavy (non-hydrogen) atoms. The quantitative estimate of drug-likeness (QED) is 0.608. The highest BCUT2D eigenvalue weighted by atomic mass is 32.2. The van der Waals surface area contributed by atoms with Gasteiger partial charge in [-0.3, -0.25) is 4.79 Å². The van der Waals surface area contributed by atoms with E-state index in [2.05, 4.69) is 19.9 Å². The molecule has 2 heterocycles. The Hall–Kier alpha value is -3.05. The molecule has 11 heteroatoms. The SMILES string of the molecule is COc1cc(C)ccc1S(=O)(=O)NCCn1nc(-n2cncn2)ccc1=O. The number of aryl methyl sites for hydroxylation is 1. The summed E-state index contributed by atoms with van der Waals surface area (Å²) in [7, 11) is -2.39. The van der Waals surface area contributed by atoms with Gasteiger partial charge in [-0.1, -0.05) is 6.07 Å². The summed E-state index contributed by atoms with van der Waals surface area (Å²) >= 11 is 0. The molecule has 10 nitrogen and oxygen atoms in total. The monoisotopic (exact) mass is 390 g/mol. The minimum absolute atomic E-state index is 0.0208. The zero-order chi connectivity index (χ0) is 19.4. The van der Waals surface area contributed by atoms with Gasteiger partial charge in [-0.2, -0.15) is 5.10 Å². The van der Waals surface area contributed by atoms with Crippen molar-refractivity contribution in [2.75, 3.05) is 13.7 Å². The van der Waals surface area contributed by atoms with Gasteiger partial charge in [-0.15, -0.1) is 5.10 Å². The van der Waals surface area contributed by atoms with Crippen LogP contribution in [0.5, 0.6) is 5.75 Å². The average Bonchev–Trinajstić information content (AvgIpc) is 3.17. The predicted molar refractivity (Wildman–Crippen MR) is 96.3 cm³/mol. The Balaban J connectivity index is 1.74. The van der Waals surface area contributed by atoms with Crippen molar-refractivity contribution in [1.82, 2.24) is 29.3 Å². The van der Waals surface area contributed by atoms with E-state index in [4.69, 9.17) is 4.74 Å². The minimum atomic E-state index is -3.80. The molecule has 0 atom stereocenters. The Labute approximate surface area is 155 Å².